The second-order valence-corrected chi connectivity index (χ2v) is 8.94. The molecule has 2 N–H and O–H groups in total. The molecule has 1 unspecified atom stereocenters. The Morgan fingerprint density at radius 1 is 0.946 bits per heavy atom. The number of rotatable bonds is 16. The number of piperidine rings is 1. The van der Waals surface area contributed by atoms with Crippen LogP contribution in [0.2, 0.25) is 0 Å². The van der Waals surface area contributed by atoms with Gasteiger partial charge in [0.15, 0.2) is 0 Å². The average Bonchev–Trinajstić information content (AvgIpc) is 3.12. The standard InChI is InChI=1S/C25H32ClN3O8/c26-10-12-36-14-16-37-15-13-35-11-3-1-2-7-20(30)27-18-6-4-5-17-22(18)25(34)29(24(17)33)19-8-9-21(31)28-23(19)32/h4-6,19H,1-3,7-16H2,(H,27,30)(H,28,31,32). The highest BCUT2D eigenvalue weighted by atomic mass is 35.5. The number of nitrogens with one attached hydrogen (secondary N) is 2. The number of carbonyl (C=O) groups is 5. The second-order valence-electron chi connectivity index (χ2n) is 8.56. The lowest BCUT2D eigenvalue weighted by atomic mass is 10.0. The fourth-order valence-electron chi connectivity index (χ4n) is 4.09. The zero-order valence-electron chi connectivity index (χ0n) is 20.6. The molecule has 2 aliphatic heterocycles. The lowest BCUT2D eigenvalue weighted by Crippen LogP contribution is -2.54. The Bertz CT molecular complexity index is 1000. The van der Waals surface area contributed by atoms with Crippen molar-refractivity contribution in [3.63, 3.8) is 0 Å². The molecule has 1 atom stereocenters. The van der Waals surface area contributed by atoms with E-state index in [1.165, 1.54) is 6.07 Å². The first-order valence-corrected chi connectivity index (χ1v) is 12.9. The molecule has 37 heavy (non-hydrogen) atoms. The van der Waals surface area contributed by atoms with Gasteiger partial charge in [0, 0.05) is 25.3 Å². The summed E-state index contributed by atoms with van der Waals surface area (Å²) in [6, 6.07) is 3.55. The van der Waals surface area contributed by atoms with E-state index in [4.69, 9.17) is 25.8 Å². The molecule has 12 heteroatoms. The molecule has 3 rings (SSSR count). The van der Waals surface area contributed by atoms with Crippen LogP contribution in [0.5, 0.6) is 0 Å². The maximum absolute atomic E-state index is 13.1. The topological polar surface area (TPSA) is 140 Å². The Labute approximate surface area is 220 Å². The van der Waals surface area contributed by atoms with Crippen molar-refractivity contribution in [1.82, 2.24) is 10.2 Å². The molecule has 1 saturated heterocycles. The molecular formula is C25H32ClN3O8. The van der Waals surface area contributed by atoms with Gasteiger partial charge < -0.3 is 19.5 Å². The first kappa shape index (κ1) is 28.7. The number of imide groups is 2. The van der Waals surface area contributed by atoms with Crippen LogP contribution >= 0.6 is 11.6 Å². The third kappa shape index (κ3) is 8.06. The van der Waals surface area contributed by atoms with Crippen LogP contribution in [0, 0.1) is 0 Å². The van der Waals surface area contributed by atoms with Gasteiger partial charge in [0.1, 0.15) is 6.04 Å². The van der Waals surface area contributed by atoms with Gasteiger partial charge >= 0.3 is 0 Å². The predicted octanol–water partition coefficient (Wildman–Crippen LogP) is 1.88. The van der Waals surface area contributed by atoms with Crippen molar-refractivity contribution in [2.45, 2.75) is 44.6 Å². The average molecular weight is 538 g/mol. The minimum absolute atomic E-state index is 0.0388. The zero-order chi connectivity index (χ0) is 26.6. The van der Waals surface area contributed by atoms with Crippen LogP contribution in [-0.2, 0) is 28.6 Å². The molecule has 0 aliphatic carbocycles. The van der Waals surface area contributed by atoms with Crippen LogP contribution < -0.4 is 10.6 Å². The lowest BCUT2D eigenvalue weighted by molar-refractivity contribution is -0.136. The fraction of sp³-hybridized carbons (Fsp3) is 0.560. The third-order valence-corrected chi connectivity index (χ3v) is 6.05. The largest absolute Gasteiger partial charge is 0.379 e. The molecule has 5 amide bonds. The number of hydrogen-bond acceptors (Lipinski definition) is 8. The van der Waals surface area contributed by atoms with E-state index in [0.29, 0.717) is 51.9 Å². The number of benzene rings is 1. The number of anilines is 1. The van der Waals surface area contributed by atoms with E-state index in [1.807, 2.05) is 0 Å². The van der Waals surface area contributed by atoms with Crippen molar-refractivity contribution in [3.05, 3.63) is 29.3 Å². The number of hydrogen-bond donors (Lipinski definition) is 2. The van der Waals surface area contributed by atoms with Gasteiger partial charge in [0.05, 0.1) is 49.8 Å². The molecule has 1 aromatic carbocycles. The van der Waals surface area contributed by atoms with Gasteiger partial charge in [-0.15, -0.1) is 11.6 Å². The number of fused-ring (bicyclic) bond motifs is 1. The number of ether oxygens (including phenoxy) is 3. The smallest absolute Gasteiger partial charge is 0.264 e. The van der Waals surface area contributed by atoms with Crippen LogP contribution in [0.25, 0.3) is 0 Å². The maximum atomic E-state index is 13.1. The quantitative estimate of drug-likeness (QED) is 0.185. The molecule has 0 bridgehead atoms. The number of amides is 5. The zero-order valence-corrected chi connectivity index (χ0v) is 21.3. The highest BCUT2D eigenvalue weighted by Crippen LogP contribution is 2.32. The molecule has 2 heterocycles. The van der Waals surface area contributed by atoms with Crippen LogP contribution in [0.4, 0.5) is 5.69 Å². The van der Waals surface area contributed by atoms with Gasteiger partial charge in [-0.2, -0.15) is 0 Å². The summed E-state index contributed by atoms with van der Waals surface area (Å²) < 4.78 is 16.1. The minimum atomic E-state index is -1.06. The Morgan fingerprint density at radius 3 is 2.35 bits per heavy atom. The Hall–Kier alpha value is -2.86. The van der Waals surface area contributed by atoms with E-state index in [2.05, 4.69) is 10.6 Å². The van der Waals surface area contributed by atoms with Crippen molar-refractivity contribution < 1.29 is 38.2 Å². The summed E-state index contributed by atoms with van der Waals surface area (Å²) in [7, 11) is 0. The van der Waals surface area contributed by atoms with Gasteiger partial charge in [0.2, 0.25) is 17.7 Å². The molecule has 0 spiro atoms. The number of unbranched alkanes of at least 4 members (excludes halogenated alkanes) is 2. The van der Waals surface area contributed by atoms with E-state index in [1.54, 1.807) is 12.1 Å². The highest BCUT2D eigenvalue weighted by Gasteiger charge is 2.45. The van der Waals surface area contributed by atoms with E-state index >= 15 is 0 Å². The van der Waals surface area contributed by atoms with Crippen LogP contribution in [0.3, 0.4) is 0 Å². The van der Waals surface area contributed by atoms with Crippen LogP contribution in [0.1, 0.15) is 59.2 Å². The molecule has 1 aromatic rings. The summed E-state index contributed by atoms with van der Waals surface area (Å²) >= 11 is 5.50. The van der Waals surface area contributed by atoms with E-state index < -0.39 is 29.7 Å². The van der Waals surface area contributed by atoms with Crippen molar-refractivity contribution in [2.75, 3.05) is 50.8 Å². The molecule has 0 saturated carbocycles. The van der Waals surface area contributed by atoms with Gasteiger partial charge in [-0.1, -0.05) is 12.5 Å². The first-order valence-electron chi connectivity index (χ1n) is 12.4. The number of carbonyl (C=O) groups excluding carboxylic acids is 5. The predicted molar refractivity (Wildman–Crippen MR) is 133 cm³/mol. The van der Waals surface area contributed by atoms with Gasteiger partial charge in [-0.3, -0.25) is 34.2 Å². The van der Waals surface area contributed by atoms with Crippen molar-refractivity contribution in [1.29, 1.82) is 0 Å². The van der Waals surface area contributed by atoms with E-state index in [0.717, 1.165) is 17.7 Å². The summed E-state index contributed by atoms with van der Waals surface area (Å²) in [4.78, 5) is 63.0. The van der Waals surface area contributed by atoms with E-state index in [9.17, 15) is 24.0 Å². The number of alkyl halides is 1. The summed E-state index contributed by atoms with van der Waals surface area (Å²) in [5, 5.41) is 4.88. The monoisotopic (exact) mass is 537 g/mol. The summed E-state index contributed by atoms with van der Waals surface area (Å²) in [5.74, 6) is -2.21. The summed E-state index contributed by atoms with van der Waals surface area (Å²) in [6.45, 7) is 3.03. The van der Waals surface area contributed by atoms with Crippen LogP contribution in [0.15, 0.2) is 18.2 Å². The number of nitrogens with zero attached hydrogens (tertiary/aromatic N) is 1. The Balaban J connectivity index is 1.37. The SMILES string of the molecule is O=C1CCC(N2C(=O)c3cccc(NC(=O)CCCCCOCCOCCOCCCl)c3C2=O)C(=O)N1. The van der Waals surface area contributed by atoms with Gasteiger partial charge in [0.25, 0.3) is 11.8 Å². The van der Waals surface area contributed by atoms with Crippen molar-refractivity contribution in [3.8, 4) is 0 Å². The fourth-order valence-corrected chi connectivity index (χ4v) is 4.20. The number of halogens is 1. The van der Waals surface area contributed by atoms with E-state index in [-0.39, 0.29) is 42.0 Å². The third-order valence-electron chi connectivity index (χ3n) is 5.90. The van der Waals surface area contributed by atoms with Gasteiger partial charge in [-0.05, 0) is 31.4 Å². The molecule has 1 fully saturated rings. The van der Waals surface area contributed by atoms with Gasteiger partial charge in [-0.25, -0.2) is 0 Å². The maximum Gasteiger partial charge on any atom is 0.264 e. The molecule has 0 radical (unpaired) electrons. The molecule has 0 aromatic heterocycles. The molecule has 11 nitrogen and oxygen atoms in total. The summed E-state index contributed by atoms with van der Waals surface area (Å²) in [5.41, 5.74) is 0.412. The summed E-state index contributed by atoms with van der Waals surface area (Å²) in [6.07, 6.45) is 2.56. The molecular weight excluding hydrogens is 506 g/mol. The first-order chi connectivity index (χ1) is 17.9. The minimum Gasteiger partial charge on any atom is -0.379 e. The highest BCUT2D eigenvalue weighted by molar-refractivity contribution is 6.26. The second kappa shape index (κ2) is 14.8. The molecule has 202 valence electrons. The van der Waals surface area contributed by atoms with Crippen molar-refractivity contribution in [2.24, 2.45) is 0 Å². The Morgan fingerprint density at radius 2 is 1.65 bits per heavy atom. The Kier molecular flexibility index (Phi) is 11.5. The molecule has 2 aliphatic rings. The van der Waals surface area contributed by atoms with Crippen LogP contribution in [-0.4, -0.2) is 86.0 Å². The van der Waals surface area contributed by atoms with Crippen molar-refractivity contribution >= 4 is 46.8 Å². The lowest BCUT2D eigenvalue weighted by Gasteiger charge is -2.27. The normalized spacial score (nSPS) is 17.2.